The van der Waals surface area contributed by atoms with Gasteiger partial charge in [-0.3, -0.25) is 4.79 Å². The summed E-state index contributed by atoms with van der Waals surface area (Å²) in [5.74, 6) is -1.49. The standard InChI is InChI=1S/C14H26N2O4/c1-10(2)11(12(17)18)9-15-13(19)16-7-4-5-14(3,20)6-8-16/h10-11,20H,4-9H2,1-3H3,(H,15,19)(H,17,18). The Hall–Kier alpha value is -1.30. The number of hydrogen-bond donors (Lipinski definition) is 3. The van der Waals surface area contributed by atoms with E-state index in [1.165, 1.54) is 0 Å². The molecule has 6 heteroatoms. The second kappa shape index (κ2) is 6.92. The summed E-state index contributed by atoms with van der Waals surface area (Å²) in [6.45, 7) is 6.67. The molecule has 1 fully saturated rings. The molecule has 3 N–H and O–H groups in total. The smallest absolute Gasteiger partial charge is 0.317 e. The van der Waals surface area contributed by atoms with Gasteiger partial charge in [-0.25, -0.2) is 4.79 Å². The van der Waals surface area contributed by atoms with Crippen LogP contribution in [-0.4, -0.2) is 52.3 Å². The number of amides is 2. The molecule has 0 bridgehead atoms. The van der Waals surface area contributed by atoms with Gasteiger partial charge in [0.2, 0.25) is 0 Å². The van der Waals surface area contributed by atoms with Crippen LogP contribution in [-0.2, 0) is 4.79 Å². The van der Waals surface area contributed by atoms with Gasteiger partial charge in [0.1, 0.15) is 0 Å². The van der Waals surface area contributed by atoms with Gasteiger partial charge in [0, 0.05) is 19.6 Å². The molecule has 0 saturated carbocycles. The molecule has 116 valence electrons. The van der Waals surface area contributed by atoms with Crippen molar-refractivity contribution < 1.29 is 19.8 Å². The van der Waals surface area contributed by atoms with Crippen molar-refractivity contribution in [3.05, 3.63) is 0 Å². The molecule has 1 aliphatic rings. The van der Waals surface area contributed by atoms with Crippen LogP contribution in [0.15, 0.2) is 0 Å². The average molecular weight is 286 g/mol. The van der Waals surface area contributed by atoms with Gasteiger partial charge in [-0.1, -0.05) is 13.8 Å². The minimum Gasteiger partial charge on any atom is -0.481 e. The van der Waals surface area contributed by atoms with Crippen molar-refractivity contribution in [2.75, 3.05) is 19.6 Å². The van der Waals surface area contributed by atoms with E-state index in [9.17, 15) is 14.7 Å². The first-order chi connectivity index (χ1) is 9.23. The number of hydrogen-bond acceptors (Lipinski definition) is 3. The Morgan fingerprint density at radius 1 is 1.30 bits per heavy atom. The Labute approximate surface area is 120 Å². The van der Waals surface area contributed by atoms with Crippen LogP contribution in [0.3, 0.4) is 0 Å². The fourth-order valence-corrected chi connectivity index (χ4v) is 2.38. The SMILES string of the molecule is CC(C)C(CNC(=O)N1CCCC(C)(O)CC1)C(=O)O. The van der Waals surface area contributed by atoms with Crippen molar-refractivity contribution in [1.82, 2.24) is 10.2 Å². The molecule has 1 rings (SSSR count). The highest BCUT2D eigenvalue weighted by molar-refractivity contribution is 5.76. The Bertz CT molecular complexity index is 355. The highest BCUT2D eigenvalue weighted by Crippen LogP contribution is 2.21. The zero-order valence-electron chi connectivity index (χ0n) is 12.6. The highest BCUT2D eigenvalue weighted by Gasteiger charge is 2.28. The summed E-state index contributed by atoms with van der Waals surface area (Å²) in [5.41, 5.74) is -0.712. The maximum atomic E-state index is 12.1. The molecule has 1 saturated heterocycles. The third-order valence-electron chi connectivity index (χ3n) is 3.95. The zero-order chi connectivity index (χ0) is 15.3. The Morgan fingerprint density at radius 3 is 2.50 bits per heavy atom. The van der Waals surface area contributed by atoms with E-state index in [4.69, 9.17) is 5.11 Å². The zero-order valence-corrected chi connectivity index (χ0v) is 12.6. The second-order valence-electron chi connectivity index (χ2n) is 6.21. The van der Waals surface area contributed by atoms with E-state index in [0.717, 1.165) is 6.42 Å². The maximum absolute atomic E-state index is 12.1. The van der Waals surface area contributed by atoms with Gasteiger partial charge in [0.05, 0.1) is 11.5 Å². The van der Waals surface area contributed by atoms with Crippen molar-refractivity contribution in [3.63, 3.8) is 0 Å². The molecule has 6 nitrogen and oxygen atoms in total. The lowest BCUT2D eigenvalue weighted by Crippen LogP contribution is -2.44. The Morgan fingerprint density at radius 2 is 1.95 bits per heavy atom. The number of carbonyl (C=O) groups excluding carboxylic acids is 1. The van der Waals surface area contributed by atoms with Crippen LogP contribution >= 0.6 is 0 Å². The normalized spacial score (nSPS) is 25.1. The first-order valence-electron chi connectivity index (χ1n) is 7.21. The van der Waals surface area contributed by atoms with Gasteiger partial charge in [0.25, 0.3) is 0 Å². The number of aliphatic hydroxyl groups is 1. The number of carboxylic acids is 1. The molecule has 2 atom stereocenters. The lowest BCUT2D eigenvalue weighted by molar-refractivity contribution is -0.142. The van der Waals surface area contributed by atoms with Gasteiger partial charge in [0.15, 0.2) is 0 Å². The lowest BCUT2D eigenvalue weighted by Gasteiger charge is -2.24. The average Bonchev–Trinajstić information content (AvgIpc) is 2.49. The highest BCUT2D eigenvalue weighted by atomic mass is 16.4. The number of rotatable bonds is 4. The third-order valence-corrected chi connectivity index (χ3v) is 3.95. The van der Waals surface area contributed by atoms with E-state index in [2.05, 4.69) is 5.32 Å². The van der Waals surface area contributed by atoms with Gasteiger partial charge < -0.3 is 20.4 Å². The molecule has 0 aliphatic carbocycles. The lowest BCUT2D eigenvalue weighted by atomic mass is 9.96. The van der Waals surface area contributed by atoms with Crippen molar-refractivity contribution in [3.8, 4) is 0 Å². The molecule has 0 radical (unpaired) electrons. The van der Waals surface area contributed by atoms with Gasteiger partial charge >= 0.3 is 12.0 Å². The van der Waals surface area contributed by atoms with Crippen LogP contribution in [0.4, 0.5) is 4.79 Å². The van der Waals surface area contributed by atoms with Crippen LogP contribution in [0, 0.1) is 11.8 Å². The molecule has 0 aromatic carbocycles. The number of carbonyl (C=O) groups is 2. The monoisotopic (exact) mass is 286 g/mol. The molecule has 2 amide bonds. The molecule has 0 spiro atoms. The van der Waals surface area contributed by atoms with Crippen LogP contribution in [0.2, 0.25) is 0 Å². The quantitative estimate of drug-likeness (QED) is 0.726. The summed E-state index contributed by atoms with van der Waals surface area (Å²) in [6, 6.07) is -0.241. The molecule has 2 unspecified atom stereocenters. The molecular formula is C14H26N2O4. The van der Waals surface area contributed by atoms with Crippen molar-refractivity contribution in [1.29, 1.82) is 0 Å². The number of urea groups is 1. The van der Waals surface area contributed by atoms with Gasteiger partial charge in [-0.2, -0.15) is 0 Å². The van der Waals surface area contributed by atoms with E-state index < -0.39 is 17.5 Å². The summed E-state index contributed by atoms with van der Waals surface area (Å²) < 4.78 is 0. The first-order valence-corrected chi connectivity index (χ1v) is 7.21. The molecule has 0 aromatic heterocycles. The first kappa shape index (κ1) is 16.8. The van der Waals surface area contributed by atoms with E-state index in [-0.39, 0.29) is 18.5 Å². The van der Waals surface area contributed by atoms with Crippen molar-refractivity contribution in [2.24, 2.45) is 11.8 Å². The largest absolute Gasteiger partial charge is 0.481 e. The predicted octanol–water partition coefficient (Wildman–Crippen LogP) is 1.29. The van der Waals surface area contributed by atoms with Crippen LogP contribution in [0.1, 0.15) is 40.0 Å². The minimum absolute atomic E-state index is 0.0299. The second-order valence-corrected chi connectivity index (χ2v) is 6.21. The van der Waals surface area contributed by atoms with Crippen molar-refractivity contribution >= 4 is 12.0 Å². The molecule has 20 heavy (non-hydrogen) atoms. The van der Waals surface area contributed by atoms with Crippen LogP contribution in [0.25, 0.3) is 0 Å². The molecule has 1 aliphatic heterocycles. The predicted molar refractivity (Wildman–Crippen MR) is 75.4 cm³/mol. The summed E-state index contributed by atoms with van der Waals surface area (Å²) in [5, 5.41) is 21.8. The molecule has 1 heterocycles. The Kier molecular flexibility index (Phi) is 5.80. The number of aliphatic carboxylic acids is 1. The number of nitrogens with one attached hydrogen (secondary N) is 1. The van der Waals surface area contributed by atoms with E-state index in [1.807, 2.05) is 13.8 Å². The summed E-state index contributed by atoms with van der Waals surface area (Å²) in [4.78, 5) is 24.8. The maximum Gasteiger partial charge on any atom is 0.317 e. The minimum atomic E-state index is -0.890. The van der Waals surface area contributed by atoms with E-state index in [1.54, 1.807) is 11.8 Å². The summed E-state index contributed by atoms with van der Waals surface area (Å²) >= 11 is 0. The molecular weight excluding hydrogens is 260 g/mol. The van der Waals surface area contributed by atoms with Gasteiger partial charge in [-0.05, 0) is 32.1 Å². The van der Waals surface area contributed by atoms with Crippen LogP contribution in [0.5, 0.6) is 0 Å². The molecule has 0 aromatic rings. The fourth-order valence-electron chi connectivity index (χ4n) is 2.38. The van der Waals surface area contributed by atoms with Gasteiger partial charge in [-0.15, -0.1) is 0 Å². The van der Waals surface area contributed by atoms with E-state index >= 15 is 0 Å². The Balaban J connectivity index is 2.48. The third kappa shape index (κ3) is 5.00. The topological polar surface area (TPSA) is 89.9 Å². The summed E-state index contributed by atoms with van der Waals surface area (Å²) in [7, 11) is 0. The number of carboxylic acid groups (broad SMARTS) is 1. The van der Waals surface area contributed by atoms with E-state index in [0.29, 0.717) is 25.9 Å². The number of likely N-dealkylation sites (tertiary alicyclic amines) is 1. The fraction of sp³-hybridized carbons (Fsp3) is 0.857. The van der Waals surface area contributed by atoms with Crippen molar-refractivity contribution in [2.45, 2.75) is 45.6 Å². The summed E-state index contributed by atoms with van der Waals surface area (Å²) in [6.07, 6.45) is 1.99. The number of nitrogens with zero attached hydrogens (tertiary/aromatic N) is 1. The van der Waals surface area contributed by atoms with Crippen LogP contribution < -0.4 is 5.32 Å².